The van der Waals surface area contributed by atoms with Gasteiger partial charge in [-0.1, -0.05) is 6.42 Å². The van der Waals surface area contributed by atoms with E-state index in [-0.39, 0.29) is 6.29 Å². The molecule has 0 aliphatic heterocycles. The van der Waals surface area contributed by atoms with Crippen molar-refractivity contribution in [2.75, 3.05) is 26.3 Å². The molecular weight excluding hydrogens is 204 g/mol. The zero-order chi connectivity index (χ0) is 11.8. The van der Waals surface area contributed by atoms with Gasteiger partial charge in [0.05, 0.1) is 0 Å². The third kappa shape index (κ3) is 4.37. The van der Waals surface area contributed by atoms with Crippen LogP contribution in [0.15, 0.2) is 0 Å². The summed E-state index contributed by atoms with van der Waals surface area (Å²) in [5.41, 5.74) is 5.75. The zero-order valence-corrected chi connectivity index (χ0v) is 10.6. The highest BCUT2D eigenvalue weighted by molar-refractivity contribution is 4.83. The number of ether oxygens (including phenoxy) is 2. The van der Waals surface area contributed by atoms with Gasteiger partial charge < -0.3 is 20.5 Å². The summed E-state index contributed by atoms with van der Waals surface area (Å²) in [5, 5.41) is 3.52. The van der Waals surface area contributed by atoms with E-state index in [4.69, 9.17) is 15.2 Å². The van der Waals surface area contributed by atoms with Gasteiger partial charge in [-0.05, 0) is 39.2 Å². The minimum absolute atomic E-state index is 0.117. The van der Waals surface area contributed by atoms with Gasteiger partial charge in [-0.15, -0.1) is 0 Å². The van der Waals surface area contributed by atoms with Gasteiger partial charge in [0.1, 0.15) is 0 Å². The number of rotatable bonds is 8. The Labute approximate surface area is 98.9 Å². The van der Waals surface area contributed by atoms with Gasteiger partial charge in [0.2, 0.25) is 0 Å². The Bertz CT molecular complexity index is 172. The highest BCUT2D eigenvalue weighted by Crippen LogP contribution is 2.24. The van der Waals surface area contributed by atoms with Gasteiger partial charge >= 0.3 is 0 Å². The summed E-state index contributed by atoms with van der Waals surface area (Å²) in [6.45, 7) is 6.91. The third-order valence-corrected chi connectivity index (χ3v) is 3.21. The van der Waals surface area contributed by atoms with Crippen LogP contribution in [0.25, 0.3) is 0 Å². The SMILES string of the molecule is CCOC(CNC1CCCC1CN)OCC. The Morgan fingerprint density at radius 2 is 1.94 bits per heavy atom. The summed E-state index contributed by atoms with van der Waals surface area (Å²) in [6, 6.07) is 0.549. The Hall–Kier alpha value is -0.160. The molecule has 2 atom stereocenters. The summed E-state index contributed by atoms with van der Waals surface area (Å²) in [6.07, 6.45) is 3.65. The Morgan fingerprint density at radius 3 is 2.50 bits per heavy atom. The minimum Gasteiger partial charge on any atom is -0.352 e. The molecule has 1 fully saturated rings. The van der Waals surface area contributed by atoms with Crippen LogP contribution in [-0.4, -0.2) is 38.6 Å². The minimum atomic E-state index is -0.117. The first kappa shape index (κ1) is 13.9. The van der Waals surface area contributed by atoms with E-state index in [0.29, 0.717) is 25.2 Å². The Kier molecular flexibility index (Phi) is 6.96. The fraction of sp³-hybridized carbons (Fsp3) is 1.00. The fourth-order valence-corrected chi connectivity index (χ4v) is 2.37. The molecule has 0 amide bonds. The third-order valence-electron chi connectivity index (χ3n) is 3.21. The molecule has 16 heavy (non-hydrogen) atoms. The number of nitrogens with two attached hydrogens (primary N) is 1. The Balaban J connectivity index is 2.24. The maximum Gasteiger partial charge on any atom is 0.169 e. The second-order valence-electron chi connectivity index (χ2n) is 4.28. The summed E-state index contributed by atoms with van der Waals surface area (Å²) in [5.74, 6) is 0.629. The van der Waals surface area contributed by atoms with E-state index in [1.54, 1.807) is 0 Å². The lowest BCUT2D eigenvalue weighted by atomic mass is 10.0. The molecule has 0 aromatic carbocycles. The fourth-order valence-electron chi connectivity index (χ4n) is 2.37. The summed E-state index contributed by atoms with van der Waals surface area (Å²) in [4.78, 5) is 0. The molecule has 0 saturated heterocycles. The smallest absolute Gasteiger partial charge is 0.169 e. The van der Waals surface area contributed by atoms with Crippen molar-refractivity contribution in [1.82, 2.24) is 5.32 Å². The molecular formula is C12H26N2O2. The summed E-state index contributed by atoms with van der Waals surface area (Å²) >= 11 is 0. The van der Waals surface area contributed by atoms with Crippen LogP contribution in [0.4, 0.5) is 0 Å². The van der Waals surface area contributed by atoms with Crippen LogP contribution in [-0.2, 0) is 9.47 Å². The van der Waals surface area contributed by atoms with Gasteiger partial charge in [-0.3, -0.25) is 0 Å². The zero-order valence-electron chi connectivity index (χ0n) is 10.6. The highest BCUT2D eigenvalue weighted by atomic mass is 16.7. The van der Waals surface area contributed by atoms with Crippen LogP contribution in [0.3, 0.4) is 0 Å². The average Bonchev–Trinajstić information content (AvgIpc) is 2.74. The number of hydrogen-bond donors (Lipinski definition) is 2. The van der Waals surface area contributed by atoms with Crippen LogP contribution in [0.2, 0.25) is 0 Å². The molecule has 0 aromatic heterocycles. The van der Waals surface area contributed by atoms with Crippen molar-refractivity contribution in [3.05, 3.63) is 0 Å². The molecule has 1 aliphatic carbocycles. The van der Waals surface area contributed by atoms with Gasteiger partial charge in [0, 0.05) is 25.8 Å². The van der Waals surface area contributed by atoms with E-state index >= 15 is 0 Å². The Morgan fingerprint density at radius 1 is 1.25 bits per heavy atom. The maximum atomic E-state index is 5.75. The van der Waals surface area contributed by atoms with Crippen molar-refractivity contribution in [3.63, 3.8) is 0 Å². The maximum absolute atomic E-state index is 5.75. The normalized spacial score (nSPS) is 25.5. The quantitative estimate of drug-likeness (QED) is 0.613. The standard InChI is InChI=1S/C12H26N2O2/c1-3-15-12(16-4-2)9-14-11-7-5-6-10(11)8-13/h10-12,14H,3-9,13H2,1-2H3. The number of hydrogen-bond acceptors (Lipinski definition) is 4. The lowest BCUT2D eigenvalue weighted by Gasteiger charge is -2.23. The first-order valence-corrected chi connectivity index (χ1v) is 6.48. The first-order valence-electron chi connectivity index (χ1n) is 6.48. The van der Waals surface area contributed by atoms with Crippen molar-refractivity contribution in [2.45, 2.75) is 45.4 Å². The van der Waals surface area contributed by atoms with Gasteiger partial charge in [0.15, 0.2) is 6.29 Å². The van der Waals surface area contributed by atoms with E-state index in [1.165, 1.54) is 19.3 Å². The van der Waals surface area contributed by atoms with Crippen molar-refractivity contribution in [2.24, 2.45) is 11.7 Å². The predicted octanol–water partition coefficient (Wildman–Crippen LogP) is 1.10. The largest absolute Gasteiger partial charge is 0.352 e. The average molecular weight is 230 g/mol. The van der Waals surface area contributed by atoms with Crippen LogP contribution in [0, 0.1) is 5.92 Å². The van der Waals surface area contributed by atoms with Crippen molar-refractivity contribution >= 4 is 0 Å². The molecule has 3 N–H and O–H groups in total. The van der Waals surface area contributed by atoms with E-state index in [0.717, 1.165) is 13.1 Å². The second kappa shape index (κ2) is 8.01. The van der Waals surface area contributed by atoms with Crippen LogP contribution in [0.5, 0.6) is 0 Å². The molecule has 4 heteroatoms. The van der Waals surface area contributed by atoms with Crippen LogP contribution < -0.4 is 11.1 Å². The van der Waals surface area contributed by atoms with Crippen molar-refractivity contribution in [3.8, 4) is 0 Å². The molecule has 1 aliphatic rings. The van der Waals surface area contributed by atoms with Crippen molar-refractivity contribution < 1.29 is 9.47 Å². The molecule has 1 saturated carbocycles. The van der Waals surface area contributed by atoms with Gasteiger partial charge in [-0.25, -0.2) is 0 Å². The van der Waals surface area contributed by atoms with E-state index in [2.05, 4.69) is 5.32 Å². The summed E-state index contributed by atoms with van der Waals surface area (Å²) < 4.78 is 11.0. The van der Waals surface area contributed by atoms with E-state index in [9.17, 15) is 0 Å². The number of nitrogens with one attached hydrogen (secondary N) is 1. The first-order chi connectivity index (χ1) is 7.81. The molecule has 0 aromatic rings. The molecule has 0 heterocycles. The van der Waals surface area contributed by atoms with Crippen molar-refractivity contribution in [1.29, 1.82) is 0 Å². The second-order valence-corrected chi connectivity index (χ2v) is 4.28. The highest BCUT2D eigenvalue weighted by Gasteiger charge is 2.26. The molecule has 0 spiro atoms. The van der Waals surface area contributed by atoms with E-state index < -0.39 is 0 Å². The monoisotopic (exact) mass is 230 g/mol. The lowest BCUT2D eigenvalue weighted by molar-refractivity contribution is -0.134. The topological polar surface area (TPSA) is 56.5 Å². The van der Waals surface area contributed by atoms with Gasteiger partial charge in [0.25, 0.3) is 0 Å². The summed E-state index contributed by atoms with van der Waals surface area (Å²) in [7, 11) is 0. The van der Waals surface area contributed by atoms with Crippen LogP contribution in [0.1, 0.15) is 33.1 Å². The lowest BCUT2D eigenvalue weighted by Crippen LogP contribution is -2.41. The van der Waals surface area contributed by atoms with Crippen LogP contribution >= 0.6 is 0 Å². The van der Waals surface area contributed by atoms with E-state index in [1.807, 2.05) is 13.8 Å². The molecule has 1 rings (SSSR count). The molecule has 0 radical (unpaired) electrons. The molecule has 96 valence electrons. The molecule has 2 unspecified atom stereocenters. The predicted molar refractivity (Wildman–Crippen MR) is 65.2 cm³/mol. The molecule has 0 bridgehead atoms. The van der Waals surface area contributed by atoms with Gasteiger partial charge in [-0.2, -0.15) is 0 Å². The molecule has 4 nitrogen and oxygen atoms in total.